The second kappa shape index (κ2) is 13.9. The fourth-order valence-corrected chi connectivity index (χ4v) is 7.87. The third kappa shape index (κ3) is 7.59. The number of nitrogens with zero attached hydrogens (tertiary/aromatic N) is 4. The number of ether oxygens (including phenoxy) is 4. The maximum absolute atomic E-state index is 12.8. The van der Waals surface area contributed by atoms with E-state index in [1.807, 2.05) is 66.9 Å². The van der Waals surface area contributed by atoms with Crippen LogP contribution < -0.4 is 4.74 Å². The standard InChI is InChI=1S/C34H43ClN4O6SSi/c1-6-46(41,7-2)38-25-14-12-23(13-15-25)22-8-10-24(11-9-22)30-26(35)18-27-33(37-30)39(21-42-16-17-47(3,4)5)34(36-27)45-29-20-44-31-28(40)19-43-32(29)31/h8-15,18,28-29,31-32,40H,6-7,16-17,19-21H2,1-5H3/t28-,29-,31-,32-/m1/s1. The number of halogens is 1. The molecular weight excluding hydrogens is 656 g/mol. The average Bonchev–Trinajstić information content (AvgIpc) is 3.73. The molecule has 6 rings (SSSR count). The van der Waals surface area contributed by atoms with Crippen LogP contribution in [0, 0.1) is 0 Å². The summed E-state index contributed by atoms with van der Waals surface area (Å²) in [6.45, 7) is 12.1. The molecule has 4 heterocycles. The number of hydrogen-bond acceptors (Lipinski definition) is 9. The monoisotopic (exact) mass is 698 g/mol. The number of hydrogen-bond donors (Lipinski definition) is 1. The molecule has 2 aromatic carbocycles. The van der Waals surface area contributed by atoms with Crippen molar-refractivity contribution in [2.45, 2.75) is 70.7 Å². The van der Waals surface area contributed by atoms with Gasteiger partial charge in [0.05, 0.1) is 39.3 Å². The third-order valence-electron chi connectivity index (χ3n) is 8.63. The van der Waals surface area contributed by atoms with Gasteiger partial charge in [-0.1, -0.05) is 81.5 Å². The van der Waals surface area contributed by atoms with Crippen LogP contribution >= 0.6 is 11.6 Å². The first kappa shape index (κ1) is 34.0. The molecule has 252 valence electrons. The Balaban J connectivity index is 1.28. The average molecular weight is 699 g/mol. The van der Waals surface area contributed by atoms with Gasteiger partial charge in [0.25, 0.3) is 0 Å². The number of fused-ring (bicyclic) bond motifs is 2. The molecule has 0 bridgehead atoms. The molecule has 0 radical (unpaired) electrons. The van der Waals surface area contributed by atoms with Crippen LogP contribution in [0.4, 0.5) is 5.69 Å². The quantitative estimate of drug-likeness (QED) is 0.127. The molecule has 0 aliphatic carbocycles. The Morgan fingerprint density at radius 3 is 2.28 bits per heavy atom. The van der Waals surface area contributed by atoms with Gasteiger partial charge >= 0.3 is 6.01 Å². The largest absolute Gasteiger partial charge is 0.456 e. The molecule has 2 fully saturated rings. The van der Waals surface area contributed by atoms with Gasteiger partial charge < -0.3 is 24.1 Å². The molecule has 0 amide bonds. The van der Waals surface area contributed by atoms with E-state index in [4.69, 9.17) is 40.5 Å². The van der Waals surface area contributed by atoms with Crippen molar-refractivity contribution in [2.75, 3.05) is 31.3 Å². The van der Waals surface area contributed by atoms with Crippen molar-refractivity contribution in [3.05, 3.63) is 59.6 Å². The molecule has 13 heteroatoms. The minimum atomic E-state index is -2.21. The minimum Gasteiger partial charge on any atom is -0.456 e. The number of benzene rings is 2. The van der Waals surface area contributed by atoms with Crippen LogP contribution in [-0.4, -0.2) is 87.7 Å². The van der Waals surface area contributed by atoms with Gasteiger partial charge in [0.2, 0.25) is 0 Å². The predicted molar refractivity (Wildman–Crippen MR) is 189 cm³/mol. The molecule has 0 unspecified atom stereocenters. The van der Waals surface area contributed by atoms with E-state index in [-0.39, 0.29) is 26.0 Å². The van der Waals surface area contributed by atoms with Crippen LogP contribution in [0.3, 0.4) is 0 Å². The van der Waals surface area contributed by atoms with E-state index < -0.39 is 36.1 Å². The van der Waals surface area contributed by atoms with E-state index in [2.05, 4.69) is 24.0 Å². The molecule has 1 N–H and O–H groups in total. The molecule has 10 nitrogen and oxygen atoms in total. The molecule has 4 aromatic rings. The first-order valence-electron chi connectivity index (χ1n) is 16.1. The third-order valence-corrected chi connectivity index (χ3v) is 13.0. The fraction of sp³-hybridized carbons (Fsp3) is 0.471. The van der Waals surface area contributed by atoms with Crippen LogP contribution in [0.2, 0.25) is 30.7 Å². The Morgan fingerprint density at radius 1 is 0.979 bits per heavy atom. The second-order valence-corrected chi connectivity index (χ2v) is 22.1. The van der Waals surface area contributed by atoms with Crippen LogP contribution in [0.1, 0.15) is 13.8 Å². The summed E-state index contributed by atoms with van der Waals surface area (Å²) in [5, 5.41) is 10.7. The topological polar surface area (TPSA) is 117 Å². The zero-order chi connectivity index (χ0) is 33.3. The number of pyridine rings is 1. The van der Waals surface area contributed by atoms with Gasteiger partial charge in [0.15, 0.2) is 11.8 Å². The first-order valence-corrected chi connectivity index (χ1v) is 22.1. The van der Waals surface area contributed by atoms with Crippen LogP contribution in [0.25, 0.3) is 33.5 Å². The van der Waals surface area contributed by atoms with Crippen molar-refractivity contribution in [1.29, 1.82) is 0 Å². The number of aliphatic hydroxyl groups is 1. The van der Waals surface area contributed by atoms with Gasteiger partial charge in [-0.2, -0.15) is 9.35 Å². The van der Waals surface area contributed by atoms with E-state index in [0.717, 1.165) is 28.4 Å². The summed E-state index contributed by atoms with van der Waals surface area (Å²) in [5.41, 5.74) is 5.43. The molecule has 2 aliphatic rings. The van der Waals surface area contributed by atoms with Crippen molar-refractivity contribution in [3.8, 4) is 28.4 Å². The van der Waals surface area contributed by atoms with Crippen LogP contribution in [0.15, 0.2) is 59.0 Å². The number of aromatic nitrogens is 3. The van der Waals surface area contributed by atoms with Gasteiger partial charge in [0, 0.05) is 31.7 Å². The smallest absolute Gasteiger partial charge is 0.301 e. The molecule has 4 atom stereocenters. The Bertz CT molecular complexity index is 1830. The number of aliphatic hydroxyl groups excluding tert-OH is 1. The fourth-order valence-electron chi connectivity index (χ4n) is 5.69. The molecule has 2 aromatic heterocycles. The minimum absolute atomic E-state index is 0.211. The van der Waals surface area contributed by atoms with Crippen LogP contribution in [-0.2, 0) is 30.7 Å². The first-order chi connectivity index (χ1) is 22.5. The van der Waals surface area contributed by atoms with Gasteiger partial charge in [0.1, 0.15) is 30.6 Å². The van der Waals surface area contributed by atoms with E-state index in [9.17, 15) is 9.32 Å². The van der Waals surface area contributed by atoms with Gasteiger partial charge in [-0.15, -0.1) is 0 Å². The maximum atomic E-state index is 12.8. The van der Waals surface area contributed by atoms with Gasteiger partial charge in [-0.25, -0.2) is 9.19 Å². The van der Waals surface area contributed by atoms with Gasteiger partial charge in [-0.3, -0.25) is 4.57 Å². The second-order valence-electron chi connectivity index (χ2n) is 13.2. The maximum Gasteiger partial charge on any atom is 0.301 e. The lowest BCUT2D eigenvalue weighted by Crippen LogP contribution is -2.35. The normalized spacial score (nSPS) is 21.3. The van der Waals surface area contributed by atoms with Crippen molar-refractivity contribution < 1.29 is 28.3 Å². The summed E-state index contributed by atoms with van der Waals surface area (Å²) in [6, 6.07) is 19.0. The molecular formula is C34H43ClN4O6SSi. The molecule has 0 saturated carbocycles. The Labute approximate surface area is 282 Å². The summed E-state index contributed by atoms with van der Waals surface area (Å²) < 4.78 is 43.1. The van der Waals surface area contributed by atoms with Crippen LogP contribution in [0.5, 0.6) is 6.01 Å². The Kier molecular flexibility index (Phi) is 10.1. The number of rotatable bonds is 12. The highest BCUT2D eigenvalue weighted by Gasteiger charge is 2.49. The SMILES string of the molecule is CCS(=O)(CC)=Nc1ccc(-c2ccc(-c3nc4c(cc3Cl)nc(O[C@@H]3CO[C@H]5[C@@H]3OC[C@H]5O)n4COCC[Si](C)(C)C)cc2)cc1. The van der Waals surface area contributed by atoms with Crippen molar-refractivity contribution in [3.63, 3.8) is 0 Å². The predicted octanol–water partition coefficient (Wildman–Crippen LogP) is 6.78. The lowest BCUT2D eigenvalue weighted by atomic mass is 10.0. The zero-order valence-electron chi connectivity index (χ0n) is 27.5. The van der Waals surface area contributed by atoms with Crippen molar-refractivity contribution in [2.24, 2.45) is 4.36 Å². The summed E-state index contributed by atoms with van der Waals surface area (Å²) >= 11 is 6.81. The lowest BCUT2D eigenvalue weighted by molar-refractivity contribution is 0.00336. The Hall–Kier alpha value is -2.84. The zero-order valence-corrected chi connectivity index (χ0v) is 30.1. The van der Waals surface area contributed by atoms with Crippen molar-refractivity contribution >= 4 is 46.3 Å². The summed E-state index contributed by atoms with van der Waals surface area (Å²) in [7, 11) is -3.50. The summed E-state index contributed by atoms with van der Waals surface area (Å²) in [5.74, 6) is 1.07. The van der Waals surface area contributed by atoms with E-state index in [1.165, 1.54) is 0 Å². The Morgan fingerprint density at radius 2 is 1.62 bits per heavy atom. The lowest BCUT2D eigenvalue weighted by Gasteiger charge is -2.19. The van der Waals surface area contributed by atoms with Gasteiger partial charge in [-0.05, 0) is 35.4 Å². The highest BCUT2D eigenvalue weighted by molar-refractivity contribution is 7.93. The highest BCUT2D eigenvalue weighted by atomic mass is 35.5. The summed E-state index contributed by atoms with van der Waals surface area (Å²) in [6.07, 6.45) is -1.90. The highest BCUT2D eigenvalue weighted by Crippen LogP contribution is 2.35. The summed E-state index contributed by atoms with van der Waals surface area (Å²) in [4.78, 5) is 9.73. The molecule has 2 aliphatic heterocycles. The molecule has 0 spiro atoms. The molecule has 47 heavy (non-hydrogen) atoms. The molecule has 2 saturated heterocycles. The van der Waals surface area contributed by atoms with E-state index >= 15 is 0 Å². The number of imidazole rings is 1. The van der Waals surface area contributed by atoms with E-state index in [1.54, 1.807) is 6.07 Å². The van der Waals surface area contributed by atoms with Crippen molar-refractivity contribution in [1.82, 2.24) is 14.5 Å². The van der Waals surface area contributed by atoms with E-state index in [0.29, 0.717) is 46.0 Å².